The summed E-state index contributed by atoms with van der Waals surface area (Å²) in [5.74, 6) is 1.53. The molecule has 0 saturated carbocycles. The molecule has 2 unspecified atom stereocenters. The molecular formula is C16H34N4O2S. The minimum atomic E-state index is -2.92. The van der Waals surface area contributed by atoms with Gasteiger partial charge in [-0.05, 0) is 45.2 Å². The molecule has 1 fully saturated rings. The molecule has 1 aliphatic heterocycles. The molecule has 1 rings (SSSR count). The molecule has 23 heavy (non-hydrogen) atoms. The van der Waals surface area contributed by atoms with Crippen LogP contribution in [0.5, 0.6) is 0 Å². The van der Waals surface area contributed by atoms with Crippen molar-refractivity contribution < 1.29 is 8.42 Å². The summed E-state index contributed by atoms with van der Waals surface area (Å²) in [5, 5.41) is 6.68. The third-order valence-corrected chi connectivity index (χ3v) is 5.36. The van der Waals surface area contributed by atoms with Gasteiger partial charge in [0.15, 0.2) is 5.96 Å². The van der Waals surface area contributed by atoms with Crippen LogP contribution in [0, 0.1) is 5.92 Å². The van der Waals surface area contributed by atoms with Crippen LogP contribution in [0.25, 0.3) is 0 Å². The molecule has 0 aromatic carbocycles. The Balaban J connectivity index is 2.45. The Morgan fingerprint density at radius 3 is 2.30 bits per heavy atom. The molecule has 7 heteroatoms. The second-order valence-electron chi connectivity index (χ2n) is 6.97. The van der Waals surface area contributed by atoms with E-state index in [1.54, 1.807) is 7.05 Å². The van der Waals surface area contributed by atoms with E-state index in [-0.39, 0.29) is 11.8 Å². The van der Waals surface area contributed by atoms with E-state index >= 15 is 0 Å². The van der Waals surface area contributed by atoms with Gasteiger partial charge >= 0.3 is 0 Å². The summed E-state index contributed by atoms with van der Waals surface area (Å²) in [5.41, 5.74) is 0. The van der Waals surface area contributed by atoms with Crippen LogP contribution >= 0.6 is 0 Å². The monoisotopic (exact) mass is 346 g/mol. The summed E-state index contributed by atoms with van der Waals surface area (Å²) in [6.07, 6.45) is 4.44. The number of nitrogens with zero attached hydrogens (tertiary/aromatic N) is 2. The van der Waals surface area contributed by atoms with Crippen molar-refractivity contribution in [2.24, 2.45) is 10.9 Å². The van der Waals surface area contributed by atoms with Gasteiger partial charge in [0, 0.05) is 31.9 Å². The standard InChI is InChI=1S/C16H34N4O2S/c1-13(2)15(20-9-6-7-10-20)12-18-16(17-4)19-14(3)8-11-23(5,21)22/h13-15H,6-12H2,1-5H3,(H2,17,18,19). The van der Waals surface area contributed by atoms with Gasteiger partial charge in [-0.25, -0.2) is 8.42 Å². The van der Waals surface area contributed by atoms with Gasteiger partial charge in [-0.3, -0.25) is 9.89 Å². The number of nitrogens with one attached hydrogen (secondary N) is 2. The summed E-state index contributed by atoms with van der Waals surface area (Å²) in [6.45, 7) is 9.72. The van der Waals surface area contributed by atoms with Gasteiger partial charge in [-0.2, -0.15) is 0 Å². The molecule has 2 N–H and O–H groups in total. The molecule has 0 spiro atoms. The summed E-state index contributed by atoms with van der Waals surface area (Å²) < 4.78 is 22.5. The van der Waals surface area contributed by atoms with Gasteiger partial charge < -0.3 is 10.6 Å². The minimum absolute atomic E-state index is 0.0696. The normalized spacial score (nSPS) is 19.8. The van der Waals surface area contributed by atoms with Gasteiger partial charge in [0.2, 0.25) is 0 Å². The van der Waals surface area contributed by atoms with E-state index in [4.69, 9.17) is 0 Å². The predicted octanol–water partition coefficient (Wildman–Crippen LogP) is 1.10. The summed E-state index contributed by atoms with van der Waals surface area (Å²) in [4.78, 5) is 6.81. The average molecular weight is 347 g/mol. The van der Waals surface area contributed by atoms with E-state index in [1.807, 2.05) is 6.92 Å². The molecular weight excluding hydrogens is 312 g/mol. The number of hydrogen-bond donors (Lipinski definition) is 2. The summed E-state index contributed by atoms with van der Waals surface area (Å²) in [7, 11) is -1.17. The maximum Gasteiger partial charge on any atom is 0.191 e. The van der Waals surface area contributed by atoms with E-state index in [0.717, 1.165) is 12.5 Å². The van der Waals surface area contributed by atoms with Crippen molar-refractivity contribution in [1.82, 2.24) is 15.5 Å². The maximum absolute atomic E-state index is 11.2. The third kappa shape index (κ3) is 8.01. The van der Waals surface area contributed by atoms with Gasteiger partial charge in [0.05, 0.1) is 5.75 Å². The number of hydrogen-bond acceptors (Lipinski definition) is 4. The van der Waals surface area contributed by atoms with Crippen molar-refractivity contribution in [1.29, 1.82) is 0 Å². The van der Waals surface area contributed by atoms with E-state index < -0.39 is 9.84 Å². The molecule has 0 aliphatic carbocycles. The maximum atomic E-state index is 11.2. The minimum Gasteiger partial charge on any atom is -0.355 e. The van der Waals surface area contributed by atoms with Gasteiger partial charge in [0.25, 0.3) is 0 Å². The molecule has 1 saturated heterocycles. The van der Waals surface area contributed by atoms with Crippen LogP contribution in [0.15, 0.2) is 4.99 Å². The molecule has 0 aromatic heterocycles. The van der Waals surface area contributed by atoms with Crippen molar-refractivity contribution in [2.75, 3.05) is 38.7 Å². The quantitative estimate of drug-likeness (QED) is 0.508. The lowest BCUT2D eigenvalue weighted by atomic mass is 10.0. The number of sulfone groups is 1. The summed E-state index contributed by atoms with van der Waals surface area (Å²) in [6, 6.07) is 0.572. The molecule has 2 atom stereocenters. The van der Waals surface area contributed by atoms with Crippen LogP contribution in [0.4, 0.5) is 0 Å². The first kappa shape index (κ1) is 20.2. The van der Waals surface area contributed by atoms with Gasteiger partial charge in [0.1, 0.15) is 9.84 Å². The zero-order chi connectivity index (χ0) is 17.5. The molecule has 1 heterocycles. The van der Waals surface area contributed by atoms with Crippen LogP contribution in [0.3, 0.4) is 0 Å². The molecule has 1 aliphatic rings. The van der Waals surface area contributed by atoms with Crippen LogP contribution < -0.4 is 10.6 Å². The highest BCUT2D eigenvalue weighted by Gasteiger charge is 2.24. The Bertz CT molecular complexity index is 470. The van der Waals surface area contributed by atoms with E-state index in [0.29, 0.717) is 18.4 Å². The smallest absolute Gasteiger partial charge is 0.191 e. The third-order valence-electron chi connectivity index (χ3n) is 4.39. The number of aliphatic imine (C=N–C) groups is 1. The number of likely N-dealkylation sites (tertiary alicyclic amines) is 1. The Morgan fingerprint density at radius 2 is 1.83 bits per heavy atom. The highest BCUT2D eigenvalue weighted by atomic mass is 32.2. The number of rotatable bonds is 8. The van der Waals surface area contributed by atoms with Crippen molar-refractivity contribution in [3.05, 3.63) is 0 Å². The summed E-state index contributed by atoms with van der Waals surface area (Å²) >= 11 is 0. The van der Waals surface area contributed by atoms with Crippen LogP contribution in [-0.2, 0) is 9.84 Å². The largest absolute Gasteiger partial charge is 0.355 e. The average Bonchev–Trinajstić information content (AvgIpc) is 2.97. The van der Waals surface area contributed by atoms with E-state index in [9.17, 15) is 8.42 Å². The first-order chi connectivity index (χ1) is 10.7. The Labute approximate surface area is 142 Å². The highest BCUT2D eigenvalue weighted by molar-refractivity contribution is 7.90. The second kappa shape index (κ2) is 9.47. The molecule has 136 valence electrons. The van der Waals surface area contributed by atoms with Crippen LogP contribution in [0.2, 0.25) is 0 Å². The topological polar surface area (TPSA) is 73.8 Å². The number of guanidine groups is 1. The lowest BCUT2D eigenvalue weighted by Gasteiger charge is -2.31. The second-order valence-corrected chi connectivity index (χ2v) is 9.23. The first-order valence-electron chi connectivity index (χ1n) is 8.62. The SMILES string of the molecule is CN=C(NCC(C(C)C)N1CCCC1)NC(C)CCS(C)(=O)=O. The van der Waals surface area contributed by atoms with Gasteiger partial charge in [-0.1, -0.05) is 13.8 Å². The molecule has 0 radical (unpaired) electrons. The zero-order valence-electron chi connectivity index (χ0n) is 15.3. The lowest BCUT2D eigenvalue weighted by molar-refractivity contribution is 0.192. The van der Waals surface area contributed by atoms with Crippen molar-refractivity contribution >= 4 is 15.8 Å². The van der Waals surface area contributed by atoms with E-state index in [1.165, 1.54) is 32.2 Å². The lowest BCUT2D eigenvalue weighted by Crippen LogP contribution is -2.50. The molecule has 6 nitrogen and oxygen atoms in total. The molecule has 0 amide bonds. The van der Waals surface area contributed by atoms with Crippen molar-refractivity contribution in [3.8, 4) is 0 Å². The predicted molar refractivity (Wildman–Crippen MR) is 97.7 cm³/mol. The Hall–Kier alpha value is -0.820. The van der Waals surface area contributed by atoms with E-state index in [2.05, 4.69) is 34.4 Å². The fourth-order valence-corrected chi connectivity index (χ4v) is 3.73. The van der Waals surface area contributed by atoms with Crippen molar-refractivity contribution in [2.45, 2.75) is 52.1 Å². The van der Waals surface area contributed by atoms with Crippen molar-refractivity contribution in [3.63, 3.8) is 0 Å². The van der Waals surface area contributed by atoms with Gasteiger partial charge in [-0.15, -0.1) is 0 Å². The fourth-order valence-electron chi connectivity index (χ4n) is 2.95. The Kier molecular flexibility index (Phi) is 8.33. The molecule has 0 bridgehead atoms. The highest BCUT2D eigenvalue weighted by Crippen LogP contribution is 2.17. The van der Waals surface area contributed by atoms with Crippen LogP contribution in [-0.4, -0.2) is 70.1 Å². The van der Waals surface area contributed by atoms with Crippen LogP contribution in [0.1, 0.15) is 40.0 Å². The fraction of sp³-hybridized carbons (Fsp3) is 0.938. The first-order valence-corrected chi connectivity index (χ1v) is 10.7. The zero-order valence-corrected chi connectivity index (χ0v) is 16.1. The molecule has 0 aromatic rings. The Morgan fingerprint density at radius 1 is 1.22 bits per heavy atom.